The van der Waals surface area contributed by atoms with E-state index in [9.17, 15) is 21.6 Å². The molecule has 144 valence electrons. The van der Waals surface area contributed by atoms with E-state index in [0.717, 1.165) is 0 Å². The number of ether oxygens (including phenoxy) is 1. The van der Waals surface area contributed by atoms with E-state index in [0.29, 0.717) is 25.2 Å². The number of sulfonamides is 1. The van der Waals surface area contributed by atoms with Gasteiger partial charge in [0.15, 0.2) is 9.84 Å². The first-order valence-electron chi connectivity index (χ1n) is 8.39. The highest BCUT2D eigenvalue weighted by Crippen LogP contribution is 2.22. The van der Waals surface area contributed by atoms with E-state index in [-0.39, 0.29) is 35.1 Å². The van der Waals surface area contributed by atoms with Gasteiger partial charge in [-0.15, -0.1) is 0 Å². The van der Waals surface area contributed by atoms with Crippen LogP contribution < -0.4 is 5.32 Å². The van der Waals surface area contributed by atoms with Crippen LogP contribution >= 0.6 is 0 Å². The van der Waals surface area contributed by atoms with Crippen LogP contribution in [0, 0.1) is 6.92 Å². The van der Waals surface area contributed by atoms with Gasteiger partial charge >= 0.3 is 0 Å². The smallest absolute Gasteiger partial charge is 0.251 e. The number of morpholine rings is 1. The number of nitrogens with one attached hydrogen (secondary N) is 1. The molecule has 1 aromatic rings. The number of rotatable bonds is 4. The SMILES string of the molecule is Cc1ccc(C(=O)N[C@H]2CCS(=O)(=O)C2)cc1S(=O)(=O)N1CCOCC1. The van der Waals surface area contributed by atoms with Crippen LogP contribution in [0.25, 0.3) is 0 Å². The van der Waals surface area contributed by atoms with E-state index < -0.39 is 31.8 Å². The third-order valence-electron chi connectivity index (χ3n) is 4.61. The third kappa shape index (κ3) is 4.08. The van der Waals surface area contributed by atoms with E-state index in [1.54, 1.807) is 19.1 Å². The molecule has 1 aromatic carbocycles. The largest absolute Gasteiger partial charge is 0.379 e. The number of hydrogen-bond donors (Lipinski definition) is 1. The van der Waals surface area contributed by atoms with Crippen LogP contribution in [-0.4, -0.2) is 70.9 Å². The van der Waals surface area contributed by atoms with Gasteiger partial charge < -0.3 is 10.1 Å². The summed E-state index contributed by atoms with van der Waals surface area (Å²) in [6.07, 6.45) is 0.374. The van der Waals surface area contributed by atoms with Crippen molar-refractivity contribution in [2.75, 3.05) is 37.8 Å². The van der Waals surface area contributed by atoms with E-state index >= 15 is 0 Å². The lowest BCUT2D eigenvalue weighted by Crippen LogP contribution is -2.41. The van der Waals surface area contributed by atoms with Crippen molar-refractivity contribution in [3.8, 4) is 0 Å². The molecule has 26 heavy (non-hydrogen) atoms. The maximum absolute atomic E-state index is 12.9. The predicted molar refractivity (Wildman–Crippen MR) is 95.3 cm³/mol. The zero-order valence-electron chi connectivity index (χ0n) is 14.5. The molecule has 2 fully saturated rings. The first-order chi connectivity index (χ1) is 12.2. The summed E-state index contributed by atoms with van der Waals surface area (Å²) in [7, 11) is -6.82. The molecule has 2 heterocycles. The molecule has 1 amide bonds. The number of sulfone groups is 1. The molecule has 10 heteroatoms. The summed E-state index contributed by atoms with van der Waals surface area (Å²) >= 11 is 0. The van der Waals surface area contributed by atoms with Gasteiger partial charge in [0.1, 0.15) is 0 Å². The topological polar surface area (TPSA) is 110 Å². The van der Waals surface area contributed by atoms with Gasteiger partial charge in [0.2, 0.25) is 10.0 Å². The lowest BCUT2D eigenvalue weighted by Gasteiger charge is -2.26. The Kier molecular flexibility index (Phi) is 5.38. The summed E-state index contributed by atoms with van der Waals surface area (Å²) in [5.41, 5.74) is 0.753. The van der Waals surface area contributed by atoms with Gasteiger partial charge in [0.25, 0.3) is 5.91 Å². The van der Waals surface area contributed by atoms with Gasteiger partial charge in [-0.25, -0.2) is 16.8 Å². The van der Waals surface area contributed by atoms with Crippen molar-refractivity contribution in [3.05, 3.63) is 29.3 Å². The standard InChI is InChI=1S/C16H22N2O6S2/c1-12-2-3-13(16(19)17-14-4-9-25(20,21)11-14)10-15(12)26(22,23)18-5-7-24-8-6-18/h2-3,10,14H,4-9,11H2,1H3,(H,17,19)/t14-/m0/s1. The van der Waals surface area contributed by atoms with Crippen LogP contribution in [0.1, 0.15) is 22.3 Å². The van der Waals surface area contributed by atoms with E-state index in [1.165, 1.54) is 10.4 Å². The van der Waals surface area contributed by atoms with E-state index in [1.807, 2.05) is 0 Å². The quantitative estimate of drug-likeness (QED) is 0.755. The average Bonchev–Trinajstić information content (AvgIpc) is 2.94. The normalized spacial score (nSPS) is 23.7. The molecule has 0 radical (unpaired) electrons. The molecule has 0 spiro atoms. The molecule has 0 unspecified atom stereocenters. The molecule has 2 aliphatic heterocycles. The Morgan fingerprint density at radius 3 is 2.58 bits per heavy atom. The summed E-state index contributed by atoms with van der Waals surface area (Å²) < 4.78 is 55.3. The number of aryl methyl sites for hydroxylation is 1. The molecule has 3 rings (SSSR count). The van der Waals surface area contributed by atoms with Crippen molar-refractivity contribution in [1.82, 2.24) is 9.62 Å². The summed E-state index contributed by atoms with van der Waals surface area (Å²) in [4.78, 5) is 12.5. The zero-order chi connectivity index (χ0) is 18.9. The van der Waals surface area contributed by atoms with Gasteiger partial charge in [0.05, 0.1) is 29.6 Å². The molecule has 1 atom stereocenters. The van der Waals surface area contributed by atoms with Crippen LogP contribution in [-0.2, 0) is 24.6 Å². The van der Waals surface area contributed by atoms with Crippen molar-refractivity contribution in [3.63, 3.8) is 0 Å². The van der Waals surface area contributed by atoms with Crippen LogP contribution in [0.2, 0.25) is 0 Å². The monoisotopic (exact) mass is 402 g/mol. The molecule has 0 aliphatic carbocycles. The van der Waals surface area contributed by atoms with Crippen molar-refractivity contribution in [1.29, 1.82) is 0 Å². The van der Waals surface area contributed by atoms with Crippen molar-refractivity contribution < 1.29 is 26.4 Å². The fourth-order valence-corrected chi connectivity index (χ4v) is 6.45. The van der Waals surface area contributed by atoms with Crippen LogP contribution in [0.4, 0.5) is 0 Å². The lowest BCUT2D eigenvalue weighted by atomic mass is 10.1. The van der Waals surface area contributed by atoms with Gasteiger partial charge in [0, 0.05) is 24.7 Å². The van der Waals surface area contributed by atoms with Gasteiger partial charge in [-0.1, -0.05) is 6.07 Å². The Balaban J connectivity index is 1.82. The number of amides is 1. The first-order valence-corrected chi connectivity index (χ1v) is 11.6. The maximum atomic E-state index is 12.9. The van der Waals surface area contributed by atoms with Gasteiger partial charge in [-0.2, -0.15) is 4.31 Å². The average molecular weight is 402 g/mol. The molecule has 1 N–H and O–H groups in total. The van der Waals surface area contributed by atoms with E-state index in [2.05, 4.69) is 5.32 Å². The molecular weight excluding hydrogens is 380 g/mol. The predicted octanol–water partition coefficient (Wildman–Crippen LogP) is -0.0672. The minimum Gasteiger partial charge on any atom is -0.379 e. The molecule has 2 saturated heterocycles. The summed E-state index contributed by atoms with van der Waals surface area (Å²) in [6, 6.07) is 4.06. The molecular formula is C16H22N2O6S2. The Labute approximate surface area is 153 Å². The fourth-order valence-electron chi connectivity index (χ4n) is 3.12. The Hall–Kier alpha value is -1.49. The summed E-state index contributed by atoms with van der Waals surface area (Å²) in [6.45, 7) is 2.91. The highest BCUT2D eigenvalue weighted by molar-refractivity contribution is 7.91. The second-order valence-electron chi connectivity index (χ2n) is 6.57. The zero-order valence-corrected chi connectivity index (χ0v) is 16.1. The third-order valence-corrected chi connectivity index (χ3v) is 8.41. The Morgan fingerprint density at radius 2 is 1.96 bits per heavy atom. The number of nitrogens with zero attached hydrogens (tertiary/aromatic N) is 1. The lowest BCUT2D eigenvalue weighted by molar-refractivity contribution is 0.0730. The van der Waals surface area contributed by atoms with Gasteiger partial charge in [-0.05, 0) is 31.0 Å². The molecule has 0 aromatic heterocycles. The van der Waals surface area contributed by atoms with Crippen LogP contribution in [0.15, 0.2) is 23.1 Å². The number of hydrogen-bond acceptors (Lipinski definition) is 6. The highest BCUT2D eigenvalue weighted by Gasteiger charge is 2.31. The summed E-state index contributed by atoms with van der Waals surface area (Å²) in [5.74, 6) is -0.489. The maximum Gasteiger partial charge on any atom is 0.251 e. The molecule has 8 nitrogen and oxygen atoms in total. The van der Waals surface area contributed by atoms with Gasteiger partial charge in [-0.3, -0.25) is 4.79 Å². The number of benzene rings is 1. The molecule has 0 saturated carbocycles. The van der Waals surface area contributed by atoms with Crippen molar-refractivity contribution in [2.45, 2.75) is 24.3 Å². The van der Waals surface area contributed by atoms with Crippen molar-refractivity contribution in [2.24, 2.45) is 0 Å². The first kappa shape index (κ1) is 19.3. The van der Waals surface area contributed by atoms with Crippen LogP contribution in [0.5, 0.6) is 0 Å². The van der Waals surface area contributed by atoms with Crippen molar-refractivity contribution >= 4 is 25.8 Å². The minimum atomic E-state index is -3.72. The second-order valence-corrected chi connectivity index (χ2v) is 10.7. The second kappa shape index (κ2) is 7.26. The highest BCUT2D eigenvalue weighted by atomic mass is 32.2. The Morgan fingerprint density at radius 1 is 1.27 bits per heavy atom. The van der Waals surface area contributed by atoms with E-state index in [4.69, 9.17) is 4.74 Å². The number of carbonyl (C=O) groups is 1. The number of carbonyl (C=O) groups excluding carboxylic acids is 1. The van der Waals surface area contributed by atoms with Crippen LogP contribution in [0.3, 0.4) is 0 Å². The fraction of sp³-hybridized carbons (Fsp3) is 0.562. The minimum absolute atomic E-state index is 0.0580. The Bertz CT molecular complexity index is 905. The molecule has 2 aliphatic rings. The molecule has 0 bridgehead atoms. The summed E-state index contributed by atoms with van der Waals surface area (Å²) in [5, 5.41) is 2.68.